The number of piperidine rings is 1. The predicted molar refractivity (Wildman–Crippen MR) is 120 cm³/mol. The van der Waals surface area contributed by atoms with E-state index in [1.165, 1.54) is 33.3 Å². The van der Waals surface area contributed by atoms with Crippen molar-refractivity contribution in [1.29, 1.82) is 0 Å². The highest BCUT2D eigenvalue weighted by atomic mass is 32.2. The lowest BCUT2D eigenvalue weighted by Gasteiger charge is -2.30. The van der Waals surface area contributed by atoms with Crippen LogP contribution in [0.15, 0.2) is 59.4 Å². The molecule has 1 aliphatic rings. The van der Waals surface area contributed by atoms with Crippen LogP contribution in [0.1, 0.15) is 42.6 Å². The normalized spacial score (nSPS) is 15.8. The van der Waals surface area contributed by atoms with Crippen LogP contribution in [0.2, 0.25) is 0 Å². The van der Waals surface area contributed by atoms with E-state index in [0.29, 0.717) is 44.6 Å². The Hall–Kier alpha value is -2.78. The molecule has 0 aliphatic carbocycles. The Morgan fingerprint density at radius 2 is 1.66 bits per heavy atom. The third-order valence-corrected chi connectivity index (χ3v) is 7.77. The number of sulfonamides is 1. The van der Waals surface area contributed by atoms with Gasteiger partial charge in [-0.1, -0.05) is 42.5 Å². The molecular weight excluding hydrogens is 431 g/mol. The zero-order valence-electron chi connectivity index (χ0n) is 18.0. The second kappa shape index (κ2) is 9.38. The van der Waals surface area contributed by atoms with Gasteiger partial charge in [0, 0.05) is 25.6 Å². The molecule has 3 aromatic rings. The van der Waals surface area contributed by atoms with E-state index in [1.807, 2.05) is 37.3 Å². The van der Waals surface area contributed by atoms with Crippen molar-refractivity contribution < 1.29 is 12.8 Å². The average Bonchev–Trinajstić information content (AvgIpc) is 3.11. The fraction of sp³-hybridized carbons (Fsp3) is 0.391. The van der Waals surface area contributed by atoms with E-state index in [0.717, 1.165) is 11.4 Å². The van der Waals surface area contributed by atoms with Crippen LogP contribution in [0.25, 0.3) is 0 Å². The van der Waals surface area contributed by atoms with Crippen LogP contribution in [0.5, 0.6) is 0 Å². The van der Waals surface area contributed by atoms with Crippen molar-refractivity contribution >= 4 is 10.0 Å². The van der Waals surface area contributed by atoms with Gasteiger partial charge in [-0.05, 0) is 43.0 Å². The molecule has 170 valence electrons. The van der Waals surface area contributed by atoms with E-state index in [2.05, 4.69) is 5.10 Å². The summed E-state index contributed by atoms with van der Waals surface area (Å²) in [5, 5.41) is 4.63. The van der Waals surface area contributed by atoms with Gasteiger partial charge in [0.05, 0.1) is 12.3 Å². The van der Waals surface area contributed by atoms with Crippen molar-refractivity contribution in [2.75, 3.05) is 13.1 Å². The number of hydrogen-bond acceptors (Lipinski definition) is 4. The first-order valence-electron chi connectivity index (χ1n) is 10.8. The fourth-order valence-corrected chi connectivity index (χ4v) is 5.75. The second-order valence-electron chi connectivity index (χ2n) is 8.08. The number of halogens is 1. The highest BCUT2D eigenvalue weighted by molar-refractivity contribution is 7.88. The standard InChI is InChI=1S/C23H27FN4O3S/c1-2-27-22(25-28(23(27)29)16-18-6-4-3-5-7-18)20-12-14-26(15-13-20)32(30,31)17-19-8-10-21(24)11-9-19/h3-11,20H,2,12-17H2,1H3. The van der Waals surface area contributed by atoms with Crippen molar-refractivity contribution in [2.24, 2.45) is 0 Å². The van der Waals surface area contributed by atoms with Crippen LogP contribution in [0, 0.1) is 5.82 Å². The van der Waals surface area contributed by atoms with Crippen molar-refractivity contribution in [2.45, 2.75) is 44.5 Å². The van der Waals surface area contributed by atoms with E-state index in [4.69, 9.17) is 0 Å². The largest absolute Gasteiger partial charge is 0.346 e. The monoisotopic (exact) mass is 458 g/mol. The first kappa shape index (κ1) is 22.4. The Morgan fingerprint density at radius 1 is 1.00 bits per heavy atom. The molecule has 0 N–H and O–H groups in total. The molecule has 0 amide bonds. The molecule has 1 aromatic heterocycles. The molecule has 2 heterocycles. The first-order chi connectivity index (χ1) is 15.4. The quantitative estimate of drug-likeness (QED) is 0.545. The molecule has 1 saturated heterocycles. The maximum absolute atomic E-state index is 13.1. The Kier molecular flexibility index (Phi) is 6.57. The molecule has 0 atom stereocenters. The summed E-state index contributed by atoms with van der Waals surface area (Å²) in [5.41, 5.74) is 1.43. The van der Waals surface area contributed by atoms with E-state index in [1.54, 1.807) is 4.57 Å². The first-order valence-corrected chi connectivity index (χ1v) is 12.4. The van der Waals surface area contributed by atoms with Gasteiger partial charge in [-0.15, -0.1) is 0 Å². The lowest BCUT2D eigenvalue weighted by atomic mass is 9.97. The Morgan fingerprint density at radius 3 is 2.28 bits per heavy atom. The van der Waals surface area contributed by atoms with Crippen LogP contribution in [-0.4, -0.2) is 40.2 Å². The highest BCUT2D eigenvalue weighted by Crippen LogP contribution is 2.28. The molecule has 0 bridgehead atoms. The van der Waals surface area contributed by atoms with Gasteiger partial charge in [0.25, 0.3) is 0 Å². The Labute approximate surface area is 187 Å². The third-order valence-electron chi connectivity index (χ3n) is 5.92. The predicted octanol–water partition coefficient (Wildman–Crippen LogP) is 2.96. The number of aromatic nitrogens is 3. The molecular formula is C23H27FN4O3S. The smallest absolute Gasteiger partial charge is 0.279 e. The zero-order valence-corrected chi connectivity index (χ0v) is 18.8. The summed E-state index contributed by atoms with van der Waals surface area (Å²) in [6, 6.07) is 15.3. The van der Waals surface area contributed by atoms with Crippen LogP contribution in [-0.2, 0) is 28.9 Å². The van der Waals surface area contributed by atoms with Gasteiger partial charge < -0.3 is 0 Å². The van der Waals surface area contributed by atoms with Gasteiger partial charge in [-0.3, -0.25) is 4.57 Å². The molecule has 1 aliphatic heterocycles. The van der Waals surface area contributed by atoms with Crippen LogP contribution < -0.4 is 5.69 Å². The van der Waals surface area contributed by atoms with Gasteiger partial charge >= 0.3 is 5.69 Å². The van der Waals surface area contributed by atoms with Crippen molar-refractivity contribution in [3.63, 3.8) is 0 Å². The molecule has 0 unspecified atom stereocenters. The van der Waals surface area contributed by atoms with E-state index >= 15 is 0 Å². The average molecular weight is 459 g/mol. The molecule has 7 nitrogen and oxygen atoms in total. The highest BCUT2D eigenvalue weighted by Gasteiger charge is 2.31. The third kappa shape index (κ3) is 4.83. The second-order valence-corrected chi connectivity index (χ2v) is 10.1. The number of benzene rings is 2. The van der Waals surface area contributed by atoms with Gasteiger partial charge in [-0.2, -0.15) is 5.10 Å². The van der Waals surface area contributed by atoms with Crippen LogP contribution in [0.4, 0.5) is 4.39 Å². The zero-order chi connectivity index (χ0) is 22.7. The number of rotatable bonds is 7. The summed E-state index contributed by atoms with van der Waals surface area (Å²) in [6.45, 7) is 3.59. The van der Waals surface area contributed by atoms with Crippen molar-refractivity contribution in [3.8, 4) is 0 Å². The molecule has 32 heavy (non-hydrogen) atoms. The molecule has 2 aromatic carbocycles. The summed E-state index contributed by atoms with van der Waals surface area (Å²) < 4.78 is 43.4. The minimum atomic E-state index is -3.50. The molecule has 0 saturated carbocycles. The maximum atomic E-state index is 13.1. The maximum Gasteiger partial charge on any atom is 0.346 e. The number of hydrogen-bond donors (Lipinski definition) is 0. The van der Waals surface area contributed by atoms with Gasteiger partial charge in [0.2, 0.25) is 10.0 Å². The lowest BCUT2D eigenvalue weighted by Crippen LogP contribution is -2.39. The topological polar surface area (TPSA) is 77.2 Å². The lowest BCUT2D eigenvalue weighted by molar-refractivity contribution is 0.308. The van der Waals surface area contributed by atoms with Gasteiger partial charge in [0.1, 0.15) is 11.6 Å². The SMILES string of the molecule is CCn1c(C2CCN(S(=O)(=O)Cc3ccc(F)cc3)CC2)nn(Cc2ccccc2)c1=O. The molecule has 4 rings (SSSR count). The summed E-state index contributed by atoms with van der Waals surface area (Å²) in [7, 11) is -3.50. The van der Waals surface area contributed by atoms with Crippen LogP contribution in [0.3, 0.4) is 0 Å². The Bertz CT molecular complexity index is 1210. The molecule has 0 spiro atoms. The Balaban J connectivity index is 1.46. The summed E-state index contributed by atoms with van der Waals surface area (Å²) >= 11 is 0. The minimum Gasteiger partial charge on any atom is -0.279 e. The fourth-order valence-electron chi connectivity index (χ4n) is 4.19. The van der Waals surface area contributed by atoms with Crippen molar-refractivity contribution in [1.82, 2.24) is 18.7 Å². The van der Waals surface area contributed by atoms with Gasteiger partial charge in [0.15, 0.2) is 0 Å². The van der Waals surface area contributed by atoms with E-state index in [-0.39, 0.29) is 23.2 Å². The summed E-state index contributed by atoms with van der Waals surface area (Å²) in [6.07, 6.45) is 1.20. The van der Waals surface area contributed by atoms with E-state index < -0.39 is 10.0 Å². The molecule has 1 fully saturated rings. The van der Waals surface area contributed by atoms with Gasteiger partial charge in [-0.25, -0.2) is 26.6 Å². The number of nitrogens with zero attached hydrogens (tertiary/aromatic N) is 4. The summed E-state index contributed by atoms with van der Waals surface area (Å²) in [4.78, 5) is 12.8. The molecule has 9 heteroatoms. The molecule has 0 radical (unpaired) electrons. The minimum absolute atomic E-state index is 0.0249. The summed E-state index contributed by atoms with van der Waals surface area (Å²) in [5.74, 6) is 0.213. The van der Waals surface area contributed by atoms with E-state index in [9.17, 15) is 17.6 Å². The van der Waals surface area contributed by atoms with Crippen molar-refractivity contribution in [3.05, 3.63) is 87.9 Å². The van der Waals surface area contributed by atoms with Crippen LogP contribution >= 0.6 is 0 Å².